The van der Waals surface area contributed by atoms with Gasteiger partial charge < -0.3 is 4.74 Å². The molecule has 17 heavy (non-hydrogen) atoms. The van der Waals surface area contributed by atoms with Gasteiger partial charge in [-0.3, -0.25) is 0 Å². The molecule has 0 aliphatic carbocycles. The summed E-state index contributed by atoms with van der Waals surface area (Å²) < 4.78 is 64.8. The summed E-state index contributed by atoms with van der Waals surface area (Å²) in [5.74, 6) is -4.28. The number of benzene rings is 1. The lowest BCUT2D eigenvalue weighted by Crippen LogP contribution is -2.33. The van der Waals surface area contributed by atoms with E-state index >= 15 is 0 Å². The highest BCUT2D eigenvalue weighted by Crippen LogP contribution is 2.24. The van der Waals surface area contributed by atoms with Crippen molar-refractivity contribution >= 4 is 6.21 Å². The van der Waals surface area contributed by atoms with E-state index in [0.29, 0.717) is 0 Å². The van der Waals surface area contributed by atoms with Gasteiger partial charge in [-0.1, -0.05) is 21.8 Å². The first-order valence-electron chi connectivity index (χ1n) is 4.49. The standard InChI is InChI=1S/C10H8F5NO/c11-9(12)10(13,14)6-17-8-3-1-2-7(4-8)5-16-15/h1-5,9H,6H2. The van der Waals surface area contributed by atoms with Crippen LogP contribution in [0.1, 0.15) is 5.56 Å². The Bertz CT molecular complexity index is 394. The van der Waals surface area contributed by atoms with E-state index in [9.17, 15) is 22.0 Å². The van der Waals surface area contributed by atoms with Crippen LogP contribution in [-0.2, 0) is 0 Å². The highest BCUT2D eigenvalue weighted by Gasteiger charge is 2.41. The average Bonchev–Trinajstić information content (AvgIpc) is 2.27. The second-order valence-electron chi connectivity index (χ2n) is 3.15. The van der Waals surface area contributed by atoms with Crippen molar-refractivity contribution in [2.45, 2.75) is 12.3 Å². The third kappa shape index (κ3) is 4.01. The number of nitrogens with zero attached hydrogens (tertiary/aromatic N) is 1. The van der Waals surface area contributed by atoms with Gasteiger partial charge in [0.25, 0.3) is 0 Å². The normalized spacial score (nSPS) is 12.4. The molecule has 0 aromatic heterocycles. The first-order valence-corrected chi connectivity index (χ1v) is 4.49. The van der Waals surface area contributed by atoms with E-state index in [4.69, 9.17) is 0 Å². The fourth-order valence-corrected chi connectivity index (χ4v) is 0.984. The Hall–Kier alpha value is -1.66. The summed E-state index contributed by atoms with van der Waals surface area (Å²) >= 11 is 0. The minimum absolute atomic E-state index is 0.0669. The summed E-state index contributed by atoms with van der Waals surface area (Å²) in [5.41, 5.74) is 0.269. The van der Waals surface area contributed by atoms with Crippen molar-refractivity contribution < 1.29 is 26.8 Å². The molecule has 0 spiro atoms. The minimum Gasteiger partial charge on any atom is -0.487 e. The van der Waals surface area contributed by atoms with Gasteiger partial charge in [-0.05, 0) is 17.7 Å². The lowest BCUT2D eigenvalue weighted by atomic mass is 10.2. The molecule has 0 fully saturated rings. The van der Waals surface area contributed by atoms with Crippen LogP contribution in [0, 0.1) is 0 Å². The fourth-order valence-electron chi connectivity index (χ4n) is 0.984. The molecule has 7 heteroatoms. The molecule has 0 aliphatic rings. The summed E-state index contributed by atoms with van der Waals surface area (Å²) in [5, 5.41) is 2.24. The first-order chi connectivity index (χ1) is 7.95. The van der Waals surface area contributed by atoms with E-state index in [2.05, 4.69) is 9.95 Å². The van der Waals surface area contributed by atoms with Gasteiger partial charge >= 0.3 is 12.3 Å². The molecule has 0 saturated heterocycles. The topological polar surface area (TPSA) is 21.6 Å². The molecule has 0 saturated carbocycles. The first kappa shape index (κ1) is 13.4. The van der Waals surface area contributed by atoms with Crippen molar-refractivity contribution in [3.63, 3.8) is 0 Å². The molecule has 0 bridgehead atoms. The van der Waals surface area contributed by atoms with Gasteiger partial charge in [0.2, 0.25) is 0 Å². The third-order valence-corrected chi connectivity index (χ3v) is 1.81. The smallest absolute Gasteiger partial charge is 0.340 e. The van der Waals surface area contributed by atoms with Gasteiger partial charge in [0.1, 0.15) is 5.75 Å². The van der Waals surface area contributed by atoms with E-state index in [-0.39, 0.29) is 11.3 Å². The maximum absolute atomic E-state index is 12.5. The molecule has 0 aliphatic heterocycles. The SMILES string of the molecule is FN=Cc1cccc(OCC(F)(F)C(F)F)c1. The highest BCUT2D eigenvalue weighted by molar-refractivity contribution is 5.79. The molecule has 1 rings (SSSR count). The quantitative estimate of drug-likeness (QED) is 0.583. The zero-order chi connectivity index (χ0) is 12.9. The minimum atomic E-state index is -4.22. The fraction of sp³-hybridized carbons (Fsp3) is 0.300. The average molecular weight is 253 g/mol. The van der Waals surface area contributed by atoms with Crippen LogP contribution >= 0.6 is 0 Å². The molecular formula is C10H8F5NO. The highest BCUT2D eigenvalue weighted by atomic mass is 19.3. The molecule has 0 amide bonds. The molecule has 0 radical (unpaired) electrons. The third-order valence-electron chi connectivity index (χ3n) is 1.81. The molecule has 0 heterocycles. The second kappa shape index (κ2) is 5.60. The molecule has 0 atom stereocenters. The Morgan fingerprint density at radius 3 is 2.65 bits per heavy atom. The zero-order valence-corrected chi connectivity index (χ0v) is 8.42. The van der Waals surface area contributed by atoms with Crippen LogP contribution < -0.4 is 4.74 Å². The van der Waals surface area contributed by atoms with Crippen molar-refractivity contribution in [1.82, 2.24) is 0 Å². The molecule has 94 valence electrons. The van der Waals surface area contributed by atoms with Crippen LogP contribution in [0.15, 0.2) is 29.5 Å². The van der Waals surface area contributed by atoms with Gasteiger partial charge in [-0.15, -0.1) is 0 Å². The van der Waals surface area contributed by atoms with Crippen molar-refractivity contribution in [3.8, 4) is 5.75 Å². The summed E-state index contributed by atoms with van der Waals surface area (Å²) in [6.45, 7) is -1.44. The maximum Gasteiger partial charge on any atom is 0.340 e. The predicted octanol–water partition coefficient (Wildman–Crippen LogP) is 3.27. The van der Waals surface area contributed by atoms with Gasteiger partial charge in [-0.25, -0.2) is 8.78 Å². The summed E-state index contributed by atoms with van der Waals surface area (Å²) in [6.07, 6.45) is -2.96. The molecule has 1 aromatic rings. The van der Waals surface area contributed by atoms with Crippen molar-refractivity contribution in [2.24, 2.45) is 5.21 Å². The molecule has 2 nitrogen and oxygen atoms in total. The summed E-state index contributed by atoms with van der Waals surface area (Å²) in [4.78, 5) is 0. The van der Waals surface area contributed by atoms with E-state index in [1.54, 1.807) is 0 Å². The predicted molar refractivity (Wildman–Crippen MR) is 51.6 cm³/mol. The van der Waals surface area contributed by atoms with Gasteiger partial charge in [0, 0.05) is 0 Å². The van der Waals surface area contributed by atoms with Crippen molar-refractivity contribution in [1.29, 1.82) is 0 Å². The van der Waals surface area contributed by atoms with Gasteiger partial charge in [-0.2, -0.15) is 8.78 Å². The molecule has 0 unspecified atom stereocenters. The largest absolute Gasteiger partial charge is 0.487 e. The van der Waals surface area contributed by atoms with Crippen LogP contribution in [0.25, 0.3) is 0 Å². The van der Waals surface area contributed by atoms with E-state index in [1.807, 2.05) is 0 Å². The number of ether oxygens (including phenoxy) is 1. The Morgan fingerprint density at radius 1 is 1.35 bits per heavy atom. The van der Waals surface area contributed by atoms with Gasteiger partial charge in [0.05, 0.1) is 6.21 Å². The summed E-state index contributed by atoms with van der Waals surface area (Å²) in [6, 6.07) is 5.33. The van der Waals surface area contributed by atoms with E-state index < -0.39 is 19.0 Å². The van der Waals surface area contributed by atoms with Crippen molar-refractivity contribution in [2.75, 3.05) is 6.61 Å². The number of hydrogen-bond donors (Lipinski definition) is 0. The number of halogens is 5. The lowest BCUT2D eigenvalue weighted by Gasteiger charge is -2.15. The van der Waals surface area contributed by atoms with Gasteiger partial charge in [0.15, 0.2) is 6.61 Å². The maximum atomic E-state index is 12.5. The van der Waals surface area contributed by atoms with Crippen LogP contribution in [0.4, 0.5) is 22.0 Å². The van der Waals surface area contributed by atoms with Crippen molar-refractivity contribution in [3.05, 3.63) is 29.8 Å². The Morgan fingerprint density at radius 2 is 2.06 bits per heavy atom. The van der Waals surface area contributed by atoms with Crippen LogP contribution in [-0.4, -0.2) is 25.2 Å². The summed E-state index contributed by atoms with van der Waals surface area (Å²) in [7, 11) is 0. The second-order valence-corrected chi connectivity index (χ2v) is 3.15. The monoisotopic (exact) mass is 253 g/mol. The van der Waals surface area contributed by atoms with E-state index in [0.717, 1.165) is 6.21 Å². The molecular weight excluding hydrogens is 245 g/mol. The number of alkyl halides is 4. The Labute approximate surface area is 93.7 Å². The van der Waals surface area contributed by atoms with E-state index in [1.165, 1.54) is 24.3 Å². The lowest BCUT2D eigenvalue weighted by molar-refractivity contribution is -0.148. The number of hydrogen-bond acceptors (Lipinski definition) is 2. The van der Waals surface area contributed by atoms with Crippen LogP contribution in [0.2, 0.25) is 0 Å². The Balaban J connectivity index is 2.66. The van der Waals surface area contributed by atoms with Crippen LogP contribution in [0.5, 0.6) is 5.75 Å². The zero-order valence-electron chi connectivity index (χ0n) is 8.42. The molecule has 0 N–H and O–H groups in total. The Kier molecular flexibility index (Phi) is 4.42. The molecule has 1 aromatic carbocycles. The van der Waals surface area contributed by atoms with Crippen LogP contribution in [0.3, 0.4) is 0 Å². The number of rotatable bonds is 5.